The molecule has 7 nitrogen and oxygen atoms in total. The molecule has 17 heavy (non-hydrogen) atoms. The lowest BCUT2D eigenvalue weighted by molar-refractivity contribution is 0.101. The van der Waals surface area contributed by atoms with Crippen molar-refractivity contribution in [1.29, 1.82) is 0 Å². The summed E-state index contributed by atoms with van der Waals surface area (Å²) in [5.41, 5.74) is 6.18. The van der Waals surface area contributed by atoms with Crippen LogP contribution in [0.4, 0.5) is 11.5 Å². The highest BCUT2D eigenvalue weighted by atomic mass is 35.5. The third-order valence-electron chi connectivity index (χ3n) is 2.06. The minimum atomic E-state index is -0.405. The number of nitrogens with one attached hydrogen (secondary N) is 1. The summed E-state index contributed by atoms with van der Waals surface area (Å²) in [7, 11) is 1.62. The van der Waals surface area contributed by atoms with Crippen molar-refractivity contribution in [1.82, 2.24) is 19.7 Å². The van der Waals surface area contributed by atoms with Gasteiger partial charge in [0.25, 0.3) is 5.91 Å². The molecule has 0 atom stereocenters. The normalized spacial score (nSPS) is 10.2. The van der Waals surface area contributed by atoms with Crippen LogP contribution in [0.1, 0.15) is 10.5 Å². The molecule has 0 aliphatic carbocycles. The predicted octanol–water partition coefficient (Wildman–Crippen LogP) is 0.698. The molecule has 0 saturated heterocycles. The van der Waals surface area contributed by atoms with Gasteiger partial charge in [-0.3, -0.25) is 9.48 Å². The summed E-state index contributed by atoms with van der Waals surface area (Å²) in [4.78, 5) is 19.4. The summed E-state index contributed by atoms with van der Waals surface area (Å²) in [5.74, 6) is -0.104. The first-order valence-corrected chi connectivity index (χ1v) is 5.02. The molecule has 8 heteroatoms. The van der Waals surface area contributed by atoms with Gasteiger partial charge < -0.3 is 11.1 Å². The molecule has 2 aromatic heterocycles. The van der Waals surface area contributed by atoms with Crippen LogP contribution in [0.2, 0.25) is 5.15 Å². The van der Waals surface area contributed by atoms with Gasteiger partial charge in [-0.05, 0) is 0 Å². The average molecular weight is 253 g/mol. The number of hydrogen-bond acceptors (Lipinski definition) is 5. The summed E-state index contributed by atoms with van der Waals surface area (Å²) >= 11 is 5.67. The first-order chi connectivity index (χ1) is 8.08. The van der Waals surface area contributed by atoms with Crippen molar-refractivity contribution in [3.63, 3.8) is 0 Å². The fourth-order valence-corrected chi connectivity index (χ4v) is 1.46. The van der Waals surface area contributed by atoms with Crippen LogP contribution in [-0.2, 0) is 7.05 Å². The molecule has 0 saturated carbocycles. The number of aryl methyl sites for hydroxylation is 1. The Labute approximate surface area is 102 Å². The van der Waals surface area contributed by atoms with Crippen LogP contribution in [0.15, 0.2) is 18.6 Å². The van der Waals surface area contributed by atoms with E-state index in [1.807, 2.05) is 0 Å². The van der Waals surface area contributed by atoms with E-state index in [1.54, 1.807) is 7.05 Å². The van der Waals surface area contributed by atoms with Gasteiger partial charge in [-0.1, -0.05) is 11.6 Å². The Morgan fingerprint density at radius 2 is 2.29 bits per heavy atom. The standard InChI is InChI=1S/C9H9ClN6O/c1-16-8(5(11)3-14-16)9(17)15-7-2-6(10)12-4-13-7/h2-4H,11H2,1H3,(H,12,13,15,17). The molecule has 1 amide bonds. The maximum Gasteiger partial charge on any atom is 0.277 e. The molecular formula is C9H9ClN6O. The Kier molecular flexibility index (Phi) is 2.92. The van der Waals surface area contributed by atoms with Crippen LogP contribution >= 0.6 is 11.6 Å². The molecular weight excluding hydrogens is 244 g/mol. The van der Waals surface area contributed by atoms with Gasteiger partial charge in [-0.2, -0.15) is 5.10 Å². The van der Waals surface area contributed by atoms with E-state index in [0.29, 0.717) is 11.5 Å². The maximum absolute atomic E-state index is 11.9. The van der Waals surface area contributed by atoms with Gasteiger partial charge in [0.15, 0.2) is 0 Å². The van der Waals surface area contributed by atoms with Gasteiger partial charge in [-0.25, -0.2) is 9.97 Å². The average Bonchev–Trinajstić information content (AvgIpc) is 2.58. The topological polar surface area (TPSA) is 98.7 Å². The molecule has 0 fully saturated rings. The Balaban J connectivity index is 2.23. The number of rotatable bonds is 2. The van der Waals surface area contributed by atoms with Crippen molar-refractivity contribution in [3.05, 3.63) is 29.4 Å². The first-order valence-electron chi connectivity index (χ1n) is 4.64. The molecule has 0 aliphatic rings. The zero-order valence-corrected chi connectivity index (χ0v) is 9.64. The second kappa shape index (κ2) is 4.38. The Morgan fingerprint density at radius 3 is 2.88 bits per heavy atom. The number of nitrogens with zero attached hydrogens (tertiary/aromatic N) is 4. The number of aromatic nitrogens is 4. The van der Waals surface area contributed by atoms with E-state index in [0.717, 1.165) is 0 Å². The predicted molar refractivity (Wildman–Crippen MR) is 62.6 cm³/mol. The Morgan fingerprint density at radius 1 is 1.53 bits per heavy atom. The highest BCUT2D eigenvalue weighted by molar-refractivity contribution is 6.29. The van der Waals surface area contributed by atoms with E-state index in [-0.39, 0.29) is 10.8 Å². The number of carbonyl (C=O) groups is 1. The van der Waals surface area contributed by atoms with Crippen molar-refractivity contribution < 1.29 is 4.79 Å². The van der Waals surface area contributed by atoms with Crippen LogP contribution in [0, 0.1) is 0 Å². The fraction of sp³-hybridized carbons (Fsp3) is 0.111. The molecule has 0 spiro atoms. The number of halogens is 1. The molecule has 0 aromatic carbocycles. The van der Waals surface area contributed by atoms with Gasteiger partial charge in [0.1, 0.15) is 23.0 Å². The SMILES string of the molecule is Cn1ncc(N)c1C(=O)Nc1cc(Cl)ncn1. The number of nitrogen functional groups attached to an aromatic ring is 1. The lowest BCUT2D eigenvalue weighted by atomic mass is 10.3. The number of amides is 1. The van der Waals surface area contributed by atoms with Crippen molar-refractivity contribution >= 4 is 29.0 Å². The minimum absolute atomic E-state index is 0.244. The highest BCUT2D eigenvalue weighted by Gasteiger charge is 2.15. The largest absolute Gasteiger partial charge is 0.396 e. The monoisotopic (exact) mass is 252 g/mol. The van der Waals surface area contributed by atoms with Gasteiger partial charge in [0, 0.05) is 13.1 Å². The van der Waals surface area contributed by atoms with Gasteiger partial charge in [0.05, 0.1) is 11.9 Å². The van der Waals surface area contributed by atoms with E-state index in [4.69, 9.17) is 17.3 Å². The van der Waals surface area contributed by atoms with Crippen LogP contribution in [0.3, 0.4) is 0 Å². The van der Waals surface area contributed by atoms with E-state index >= 15 is 0 Å². The molecule has 88 valence electrons. The zero-order valence-electron chi connectivity index (χ0n) is 8.88. The van der Waals surface area contributed by atoms with E-state index in [2.05, 4.69) is 20.4 Å². The second-order valence-electron chi connectivity index (χ2n) is 3.25. The lowest BCUT2D eigenvalue weighted by Gasteiger charge is -2.05. The van der Waals surface area contributed by atoms with Crippen molar-refractivity contribution in [2.45, 2.75) is 0 Å². The maximum atomic E-state index is 11.9. The number of hydrogen-bond donors (Lipinski definition) is 2. The van der Waals surface area contributed by atoms with Crippen molar-refractivity contribution in [2.24, 2.45) is 7.05 Å². The summed E-state index contributed by atoms with van der Waals surface area (Å²) in [5, 5.41) is 6.66. The van der Waals surface area contributed by atoms with Crippen molar-refractivity contribution in [2.75, 3.05) is 11.1 Å². The van der Waals surface area contributed by atoms with Gasteiger partial charge in [-0.15, -0.1) is 0 Å². The molecule has 0 bridgehead atoms. The van der Waals surface area contributed by atoms with Crippen molar-refractivity contribution in [3.8, 4) is 0 Å². The van der Waals surface area contributed by atoms with Crippen LogP contribution in [0.25, 0.3) is 0 Å². The van der Waals surface area contributed by atoms with Gasteiger partial charge >= 0.3 is 0 Å². The molecule has 0 aliphatic heterocycles. The summed E-state index contributed by atoms with van der Waals surface area (Å²) in [6.07, 6.45) is 2.66. The Hall–Kier alpha value is -2.15. The number of anilines is 2. The zero-order chi connectivity index (χ0) is 12.4. The second-order valence-corrected chi connectivity index (χ2v) is 3.64. The third kappa shape index (κ3) is 2.34. The smallest absolute Gasteiger partial charge is 0.277 e. The van der Waals surface area contributed by atoms with E-state index in [1.165, 1.54) is 23.3 Å². The minimum Gasteiger partial charge on any atom is -0.396 e. The van der Waals surface area contributed by atoms with Crippen LogP contribution < -0.4 is 11.1 Å². The quantitative estimate of drug-likeness (QED) is 0.767. The number of nitrogens with two attached hydrogens (primary N) is 1. The Bertz CT molecular complexity index is 547. The molecule has 0 unspecified atom stereocenters. The molecule has 2 heterocycles. The summed E-state index contributed by atoms with van der Waals surface area (Å²) < 4.78 is 1.38. The fourth-order valence-electron chi connectivity index (χ4n) is 1.31. The van der Waals surface area contributed by atoms with E-state index < -0.39 is 5.91 Å². The summed E-state index contributed by atoms with van der Waals surface area (Å²) in [6, 6.07) is 1.44. The van der Waals surface area contributed by atoms with E-state index in [9.17, 15) is 4.79 Å². The highest BCUT2D eigenvalue weighted by Crippen LogP contribution is 2.13. The third-order valence-corrected chi connectivity index (χ3v) is 2.26. The lowest BCUT2D eigenvalue weighted by Crippen LogP contribution is -2.18. The van der Waals surface area contributed by atoms with Gasteiger partial charge in [0.2, 0.25) is 0 Å². The van der Waals surface area contributed by atoms with Crippen LogP contribution in [0.5, 0.6) is 0 Å². The number of carbonyl (C=O) groups excluding carboxylic acids is 1. The molecule has 2 rings (SSSR count). The molecule has 0 radical (unpaired) electrons. The van der Waals surface area contributed by atoms with Crippen LogP contribution in [-0.4, -0.2) is 25.7 Å². The molecule has 2 aromatic rings. The summed E-state index contributed by atoms with van der Waals surface area (Å²) in [6.45, 7) is 0. The first kappa shape index (κ1) is 11.3. The molecule has 3 N–H and O–H groups in total.